The zero-order chi connectivity index (χ0) is 14.7. The van der Waals surface area contributed by atoms with Crippen molar-refractivity contribution in [1.82, 2.24) is 0 Å². The van der Waals surface area contributed by atoms with E-state index >= 15 is 0 Å². The molecule has 0 saturated carbocycles. The van der Waals surface area contributed by atoms with Crippen molar-refractivity contribution in [2.24, 2.45) is 0 Å². The lowest BCUT2D eigenvalue weighted by molar-refractivity contribution is -0.385. The summed E-state index contributed by atoms with van der Waals surface area (Å²) in [7, 11) is 0. The predicted molar refractivity (Wildman–Crippen MR) is 87.0 cm³/mol. The summed E-state index contributed by atoms with van der Waals surface area (Å²) in [5, 5.41) is 10.9. The molecule has 0 fully saturated rings. The Bertz CT molecular complexity index is 641. The van der Waals surface area contributed by atoms with Gasteiger partial charge < -0.3 is 4.74 Å². The molecule has 0 bridgehead atoms. The first-order chi connectivity index (χ1) is 9.49. The quantitative estimate of drug-likeness (QED) is 0.445. The van der Waals surface area contributed by atoms with Gasteiger partial charge in [0.25, 0.3) is 5.69 Å². The zero-order valence-corrected chi connectivity index (χ0v) is 14.7. The second-order valence-corrected chi connectivity index (χ2v) is 6.45. The van der Waals surface area contributed by atoms with Crippen LogP contribution in [0.25, 0.3) is 0 Å². The number of benzene rings is 2. The monoisotopic (exact) mass is 463 g/mol. The second-order valence-electron chi connectivity index (χ2n) is 3.88. The molecule has 2 rings (SSSR count). The fraction of sp³-hybridized carbons (Fsp3) is 0.0769. The van der Waals surface area contributed by atoms with Crippen LogP contribution in [0, 0.1) is 10.1 Å². The Morgan fingerprint density at radius 2 is 1.70 bits per heavy atom. The van der Waals surface area contributed by atoms with E-state index in [1.807, 2.05) is 18.2 Å². The maximum absolute atomic E-state index is 10.9. The molecule has 0 aromatic heterocycles. The van der Waals surface area contributed by atoms with Crippen molar-refractivity contribution in [2.75, 3.05) is 0 Å². The second kappa shape index (κ2) is 6.69. The van der Waals surface area contributed by atoms with Crippen LogP contribution in [0.1, 0.15) is 5.56 Å². The highest BCUT2D eigenvalue weighted by molar-refractivity contribution is 9.11. The zero-order valence-electron chi connectivity index (χ0n) is 9.98. The molecule has 2 aromatic rings. The minimum Gasteiger partial charge on any atom is -0.487 e. The van der Waals surface area contributed by atoms with Crippen LogP contribution in [0.4, 0.5) is 5.69 Å². The standard InChI is InChI=1S/C13H8Br3NO3/c14-9-5-4-8(6-12(9)17(18)19)7-20-13-10(15)2-1-3-11(13)16/h1-6H,7H2. The smallest absolute Gasteiger partial charge is 0.283 e. The first-order valence-corrected chi connectivity index (χ1v) is 7.86. The molecule has 0 unspecified atom stereocenters. The third kappa shape index (κ3) is 3.59. The van der Waals surface area contributed by atoms with E-state index in [0.717, 1.165) is 14.5 Å². The Balaban J connectivity index is 2.19. The number of para-hydroxylation sites is 1. The van der Waals surface area contributed by atoms with Gasteiger partial charge in [0.15, 0.2) is 0 Å². The van der Waals surface area contributed by atoms with E-state index in [1.165, 1.54) is 6.07 Å². The molecule has 0 N–H and O–H groups in total. The van der Waals surface area contributed by atoms with Crippen LogP contribution in [0.5, 0.6) is 5.75 Å². The Hall–Kier alpha value is -0.920. The molecule has 20 heavy (non-hydrogen) atoms. The van der Waals surface area contributed by atoms with E-state index in [-0.39, 0.29) is 12.3 Å². The molecule has 0 radical (unpaired) electrons. The van der Waals surface area contributed by atoms with Crippen LogP contribution >= 0.6 is 47.8 Å². The van der Waals surface area contributed by atoms with E-state index in [2.05, 4.69) is 47.8 Å². The molecule has 7 heteroatoms. The summed E-state index contributed by atoms with van der Waals surface area (Å²) in [5.74, 6) is 0.665. The number of ether oxygens (including phenoxy) is 1. The molecule has 2 aromatic carbocycles. The van der Waals surface area contributed by atoms with Gasteiger partial charge in [-0.1, -0.05) is 12.1 Å². The highest BCUT2D eigenvalue weighted by atomic mass is 79.9. The Morgan fingerprint density at radius 3 is 2.30 bits per heavy atom. The summed E-state index contributed by atoms with van der Waals surface area (Å²) >= 11 is 9.95. The number of hydrogen-bond acceptors (Lipinski definition) is 3. The molecule has 0 spiro atoms. The third-order valence-electron chi connectivity index (χ3n) is 2.51. The lowest BCUT2D eigenvalue weighted by Crippen LogP contribution is -1.98. The maximum atomic E-state index is 10.9. The van der Waals surface area contributed by atoms with Crippen molar-refractivity contribution in [2.45, 2.75) is 6.61 Å². The summed E-state index contributed by atoms with van der Waals surface area (Å²) in [6.07, 6.45) is 0. The minimum absolute atomic E-state index is 0.0253. The van der Waals surface area contributed by atoms with E-state index in [9.17, 15) is 10.1 Å². The van der Waals surface area contributed by atoms with Crippen molar-refractivity contribution < 1.29 is 9.66 Å². The van der Waals surface area contributed by atoms with Crippen LogP contribution in [0.3, 0.4) is 0 Å². The first kappa shape index (κ1) is 15.5. The number of rotatable bonds is 4. The number of halogens is 3. The van der Waals surface area contributed by atoms with Crippen molar-refractivity contribution in [3.8, 4) is 5.75 Å². The van der Waals surface area contributed by atoms with Gasteiger partial charge in [-0.2, -0.15) is 0 Å². The van der Waals surface area contributed by atoms with Crippen LogP contribution in [0.15, 0.2) is 49.8 Å². The predicted octanol–water partition coefficient (Wildman–Crippen LogP) is 5.46. The summed E-state index contributed by atoms with van der Waals surface area (Å²) in [6.45, 7) is 0.245. The van der Waals surface area contributed by atoms with Gasteiger partial charge in [0.1, 0.15) is 12.4 Å². The Kier molecular flexibility index (Phi) is 5.17. The molecule has 0 atom stereocenters. The summed E-state index contributed by atoms with van der Waals surface area (Å²) in [6, 6.07) is 10.5. The van der Waals surface area contributed by atoms with Crippen molar-refractivity contribution in [3.05, 3.63) is 65.5 Å². The van der Waals surface area contributed by atoms with Crippen LogP contribution in [0.2, 0.25) is 0 Å². The molecular formula is C13H8Br3NO3. The van der Waals surface area contributed by atoms with Crippen LogP contribution in [-0.2, 0) is 6.61 Å². The largest absolute Gasteiger partial charge is 0.487 e. The highest BCUT2D eigenvalue weighted by Gasteiger charge is 2.13. The van der Waals surface area contributed by atoms with Crippen LogP contribution < -0.4 is 4.74 Å². The highest BCUT2D eigenvalue weighted by Crippen LogP contribution is 2.34. The number of hydrogen-bond donors (Lipinski definition) is 0. The van der Waals surface area contributed by atoms with Gasteiger partial charge >= 0.3 is 0 Å². The Labute approximate surface area is 140 Å². The van der Waals surface area contributed by atoms with E-state index in [0.29, 0.717) is 10.2 Å². The summed E-state index contributed by atoms with van der Waals surface area (Å²) in [5.41, 5.74) is 0.750. The van der Waals surface area contributed by atoms with Crippen molar-refractivity contribution in [3.63, 3.8) is 0 Å². The lowest BCUT2D eigenvalue weighted by Gasteiger charge is -2.10. The van der Waals surface area contributed by atoms with Gasteiger partial charge in [-0.3, -0.25) is 10.1 Å². The lowest BCUT2D eigenvalue weighted by atomic mass is 10.2. The molecule has 0 heterocycles. The van der Waals surface area contributed by atoms with Crippen molar-refractivity contribution >= 4 is 53.5 Å². The van der Waals surface area contributed by atoms with Gasteiger partial charge in [0.2, 0.25) is 0 Å². The molecule has 4 nitrogen and oxygen atoms in total. The van der Waals surface area contributed by atoms with Crippen molar-refractivity contribution in [1.29, 1.82) is 0 Å². The first-order valence-electron chi connectivity index (χ1n) is 5.48. The molecule has 104 valence electrons. The molecule has 0 aliphatic rings. The van der Waals surface area contributed by atoms with Gasteiger partial charge in [-0.15, -0.1) is 0 Å². The summed E-state index contributed by atoms with van der Waals surface area (Å²) in [4.78, 5) is 10.4. The molecule has 0 amide bonds. The minimum atomic E-state index is -0.429. The average molecular weight is 466 g/mol. The summed E-state index contributed by atoms with van der Waals surface area (Å²) < 4.78 is 7.78. The number of nitrogens with zero attached hydrogens (tertiary/aromatic N) is 1. The molecule has 0 aliphatic heterocycles. The fourth-order valence-electron chi connectivity index (χ4n) is 1.56. The molecular weight excluding hydrogens is 458 g/mol. The van der Waals surface area contributed by atoms with Crippen LogP contribution in [-0.4, -0.2) is 4.92 Å². The number of nitro groups is 1. The van der Waals surface area contributed by atoms with E-state index in [1.54, 1.807) is 12.1 Å². The van der Waals surface area contributed by atoms with Gasteiger partial charge in [0.05, 0.1) is 18.3 Å². The topological polar surface area (TPSA) is 52.4 Å². The maximum Gasteiger partial charge on any atom is 0.283 e. The third-order valence-corrected chi connectivity index (χ3v) is 4.43. The SMILES string of the molecule is O=[N+]([O-])c1cc(COc2c(Br)cccc2Br)ccc1Br. The Morgan fingerprint density at radius 1 is 1.05 bits per heavy atom. The van der Waals surface area contributed by atoms with E-state index in [4.69, 9.17) is 4.74 Å². The average Bonchev–Trinajstić information content (AvgIpc) is 2.39. The van der Waals surface area contributed by atoms with Gasteiger partial charge in [-0.25, -0.2) is 0 Å². The van der Waals surface area contributed by atoms with E-state index < -0.39 is 4.92 Å². The normalized spacial score (nSPS) is 10.3. The number of nitro benzene ring substituents is 1. The molecule has 0 saturated heterocycles. The van der Waals surface area contributed by atoms with Gasteiger partial charge in [-0.05, 0) is 71.6 Å². The fourth-order valence-corrected chi connectivity index (χ4v) is 3.18. The molecule has 0 aliphatic carbocycles. The van der Waals surface area contributed by atoms with Gasteiger partial charge in [0, 0.05) is 6.07 Å².